The van der Waals surface area contributed by atoms with Gasteiger partial charge in [0.05, 0.1) is 6.10 Å². The number of amides is 2. The number of ether oxygens (including phenoxy) is 2. The van der Waals surface area contributed by atoms with E-state index in [2.05, 4.69) is 24.5 Å². The number of carbonyl (C=O) groups excluding carboxylic acids is 2. The lowest BCUT2D eigenvalue weighted by Gasteiger charge is -2.54. The minimum atomic E-state index is -0.102. The van der Waals surface area contributed by atoms with Crippen molar-refractivity contribution in [1.82, 2.24) is 5.32 Å². The van der Waals surface area contributed by atoms with Gasteiger partial charge in [-0.1, -0.05) is 13.8 Å². The SMILES string of the molecule is CC1(C)C(NC(=O)COc2ccc3c(c2)CCC(=O)N3)C2CCOC21. The molecular formula is C19H24N2O4. The first-order chi connectivity index (χ1) is 11.9. The third-order valence-electron chi connectivity index (χ3n) is 5.76. The van der Waals surface area contributed by atoms with E-state index in [0.717, 1.165) is 24.3 Å². The average molecular weight is 344 g/mol. The van der Waals surface area contributed by atoms with Gasteiger partial charge in [0, 0.05) is 36.1 Å². The van der Waals surface area contributed by atoms with Gasteiger partial charge in [-0.05, 0) is 36.6 Å². The number of carbonyl (C=O) groups is 2. The molecule has 2 fully saturated rings. The van der Waals surface area contributed by atoms with Crippen molar-refractivity contribution in [3.05, 3.63) is 23.8 Å². The van der Waals surface area contributed by atoms with E-state index in [1.807, 2.05) is 12.1 Å². The zero-order chi connectivity index (χ0) is 17.6. The van der Waals surface area contributed by atoms with Gasteiger partial charge >= 0.3 is 0 Å². The Labute approximate surface area is 147 Å². The maximum absolute atomic E-state index is 12.3. The smallest absolute Gasteiger partial charge is 0.258 e. The summed E-state index contributed by atoms with van der Waals surface area (Å²) in [6.07, 6.45) is 2.45. The van der Waals surface area contributed by atoms with Crippen LogP contribution in [0.25, 0.3) is 0 Å². The third-order valence-corrected chi connectivity index (χ3v) is 5.76. The van der Waals surface area contributed by atoms with Gasteiger partial charge in [0.2, 0.25) is 5.91 Å². The van der Waals surface area contributed by atoms with Crippen LogP contribution in [0.3, 0.4) is 0 Å². The molecule has 6 nitrogen and oxygen atoms in total. The summed E-state index contributed by atoms with van der Waals surface area (Å²) in [4.78, 5) is 23.7. The molecule has 2 N–H and O–H groups in total. The van der Waals surface area contributed by atoms with Gasteiger partial charge in [-0.15, -0.1) is 0 Å². The van der Waals surface area contributed by atoms with Gasteiger partial charge in [-0.2, -0.15) is 0 Å². The Morgan fingerprint density at radius 2 is 2.24 bits per heavy atom. The molecular weight excluding hydrogens is 320 g/mol. The lowest BCUT2D eigenvalue weighted by Crippen LogP contribution is -2.67. The van der Waals surface area contributed by atoms with E-state index >= 15 is 0 Å². The molecule has 1 saturated heterocycles. The molecule has 1 aromatic rings. The monoisotopic (exact) mass is 344 g/mol. The number of fused-ring (bicyclic) bond motifs is 2. The Morgan fingerprint density at radius 1 is 1.40 bits per heavy atom. The molecule has 0 radical (unpaired) electrons. The molecule has 3 atom stereocenters. The van der Waals surface area contributed by atoms with Crippen LogP contribution in [-0.4, -0.2) is 37.2 Å². The second kappa shape index (κ2) is 6.02. The van der Waals surface area contributed by atoms with Gasteiger partial charge in [0.15, 0.2) is 6.61 Å². The molecule has 0 spiro atoms. The Kier molecular flexibility index (Phi) is 3.95. The highest BCUT2D eigenvalue weighted by Crippen LogP contribution is 2.52. The average Bonchev–Trinajstić information content (AvgIpc) is 3.05. The van der Waals surface area contributed by atoms with Gasteiger partial charge in [0.1, 0.15) is 5.75 Å². The first-order valence-electron chi connectivity index (χ1n) is 8.92. The van der Waals surface area contributed by atoms with Gasteiger partial charge in [-0.3, -0.25) is 9.59 Å². The molecule has 2 amide bonds. The Morgan fingerprint density at radius 3 is 3.08 bits per heavy atom. The van der Waals surface area contributed by atoms with Crippen LogP contribution in [0.5, 0.6) is 5.75 Å². The summed E-state index contributed by atoms with van der Waals surface area (Å²) in [5, 5.41) is 5.95. The first kappa shape index (κ1) is 16.4. The fourth-order valence-corrected chi connectivity index (χ4v) is 4.43. The van der Waals surface area contributed by atoms with E-state index in [0.29, 0.717) is 24.5 Å². The second-order valence-corrected chi connectivity index (χ2v) is 7.77. The van der Waals surface area contributed by atoms with Crippen LogP contribution in [0.2, 0.25) is 0 Å². The summed E-state index contributed by atoms with van der Waals surface area (Å²) in [6.45, 7) is 5.06. The van der Waals surface area contributed by atoms with E-state index in [1.165, 1.54) is 0 Å². The summed E-state index contributed by atoms with van der Waals surface area (Å²) in [6, 6.07) is 5.66. The zero-order valence-corrected chi connectivity index (χ0v) is 14.6. The molecule has 1 aromatic carbocycles. The van der Waals surface area contributed by atoms with Crippen molar-refractivity contribution in [1.29, 1.82) is 0 Å². The molecule has 2 aliphatic heterocycles. The fraction of sp³-hybridized carbons (Fsp3) is 0.579. The molecule has 25 heavy (non-hydrogen) atoms. The highest BCUT2D eigenvalue weighted by atomic mass is 16.5. The molecule has 1 aliphatic carbocycles. The number of anilines is 1. The molecule has 2 heterocycles. The van der Waals surface area contributed by atoms with E-state index in [1.54, 1.807) is 6.07 Å². The Bertz CT molecular complexity index is 715. The predicted molar refractivity (Wildman–Crippen MR) is 92.4 cm³/mol. The maximum atomic E-state index is 12.3. The maximum Gasteiger partial charge on any atom is 0.258 e. The number of benzene rings is 1. The standard InChI is InChI=1S/C19H24N2O4/c1-19(2)17(13-7-8-24-18(13)19)21-16(23)10-25-12-4-5-14-11(9-12)3-6-15(22)20-14/h4-5,9,13,17-18H,3,6-8,10H2,1-2H3,(H,20,22)(H,21,23). The summed E-state index contributed by atoms with van der Waals surface area (Å²) < 4.78 is 11.4. The van der Waals surface area contributed by atoms with E-state index in [9.17, 15) is 9.59 Å². The van der Waals surface area contributed by atoms with Crippen molar-refractivity contribution < 1.29 is 19.1 Å². The fourth-order valence-electron chi connectivity index (χ4n) is 4.43. The van der Waals surface area contributed by atoms with Crippen LogP contribution in [0.15, 0.2) is 18.2 Å². The van der Waals surface area contributed by atoms with Gasteiger partial charge in [-0.25, -0.2) is 0 Å². The van der Waals surface area contributed by atoms with Crippen molar-refractivity contribution in [3.63, 3.8) is 0 Å². The minimum Gasteiger partial charge on any atom is -0.484 e. The van der Waals surface area contributed by atoms with Crippen molar-refractivity contribution >= 4 is 17.5 Å². The number of hydrogen-bond donors (Lipinski definition) is 2. The highest BCUT2D eigenvalue weighted by Gasteiger charge is 2.59. The molecule has 1 saturated carbocycles. The van der Waals surface area contributed by atoms with Crippen LogP contribution in [-0.2, 0) is 20.7 Å². The molecule has 134 valence electrons. The Hall–Kier alpha value is -2.08. The van der Waals surface area contributed by atoms with Crippen LogP contribution in [0.4, 0.5) is 5.69 Å². The summed E-state index contributed by atoms with van der Waals surface area (Å²) in [5.74, 6) is 1.01. The van der Waals surface area contributed by atoms with Crippen LogP contribution < -0.4 is 15.4 Å². The summed E-state index contributed by atoms with van der Waals surface area (Å²) in [7, 11) is 0. The van der Waals surface area contributed by atoms with Crippen molar-refractivity contribution in [2.75, 3.05) is 18.5 Å². The minimum absolute atomic E-state index is 0.00400. The molecule has 0 aromatic heterocycles. The Balaban J connectivity index is 1.33. The molecule has 3 unspecified atom stereocenters. The topological polar surface area (TPSA) is 76.7 Å². The van der Waals surface area contributed by atoms with Crippen molar-refractivity contribution in [3.8, 4) is 5.75 Å². The summed E-state index contributed by atoms with van der Waals surface area (Å²) in [5.41, 5.74) is 1.85. The first-order valence-corrected chi connectivity index (χ1v) is 8.92. The van der Waals surface area contributed by atoms with Crippen LogP contribution in [0, 0.1) is 11.3 Å². The molecule has 0 bridgehead atoms. The van der Waals surface area contributed by atoms with Gasteiger partial charge < -0.3 is 20.1 Å². The van der Waals surface area contributed by atoms with Gasteiger partial charge in [0.25, 0.3) is 5.91 Å². The van der Waals surface area contributed by atoms with Crippen molar-refractivity contribution in [2.24, 2.45) is 11.3 Å². The lowest BCUT2D eigenvalue weighted by atomic mass is 9.57. The zero-order valence-electron chi connectivity index (χ0n) is 14.6. The third kappa shape index (κ3) is 2.88. The van der Waals surface area contributed by atoms with Crippen LogP contribution >= 0.6 is 0 Å². The van der Waals surface area contributed by atoms with E-state index < -0.39 is 0 Å². The quantitative estimate of drug-likeness (QED) is 0.874. The summed E-state index contributed by atoms with van der Waals surface area (Å²) >= 11 is 0. The largest absolute Gasteiger partial charge is 0.484 e. The lowest BCUT2D eigenvalue weighted by molar-refractivity contribution is -0.139. The normalized spacial score (nSPS) is 29.0. The molecule has 6 heteroatoms. The second-order valence-electron chi connectivity index (χ2n) is 7.77. The van der Waals surface area contributed by atoms with E-state index in [-0.39, 0.29) is 36.0 Å². The van der Waals surface area contributed by atoms with E-state index in [4.69, 9.17) is 9.47 Å². The highest BCUT2D eigenvalue weighted by molar-refractivity contribution is 5.94. The number of aryl methyl sites for hydroxylation is 1. The number of hydrogen-bond acceptors (Lipinski definition) is 4. The van der Waals surface area contributed by atoms with Crippen molar-refractivity contribution in [2.45, 2.75) is 45.3 Å². The number of rotatable bonds is 4. The van der Waals surface area contributed by atoms with Crippen LogP contribution in [0.1, 0.15) is 32.3 Å². The molecule has 4 rings (SSSR count). The number of nitrogens with one attached hydrogen (secondary N) is 2. The predicted octanol–water partition coefficient (Wildman–Crippen LogP) is 1.88. The molecule has 3 aliphatic rings.